The molecule has 0 unspecified atom stereocenters. The van der Waals surface area contributed by atoms with E-state index in [0.717, 1.165) is 24.8 Å². The molecule has 0 atom stereocenters. The van der Waals surface area contributed by atoms with Crippen molar-refractivity contribution in [1.82, 2.24) is 15.0 Å². The normalized spacial score (nSPS) is 13.6. The molecule has 2 heterocycles. The van der Waals surface area contributed by atoms with Crippen LogP contribution in [0.15, 0.2) is 42.9 Å². The van der Waals surface area contributed by atoms with Crippen molar-refractivity contribution in [2.75, 3.05) is 5.73 Å². The third-order valence-electron chi connectivity index (χ3n) is 4.69. The Bertz CT molecular complexity index is 1030. The minimum Gasteiger partial charge on any atom is -0.454 e. The van der Waals surface area contributed by atoms with Gasteiger partial charge in [-0.05, 0) is 30.9 Å². The molecule has 6 nitrogen and oxygen atoms in total. The molecular formula is C20H16FN5O. The van der Waals surface area contributed by atoms with E-state index < -0.39 is 5.82 Å². The Balaban J connectivity index is 1.79. The van der Waals surface area contributed by atoms with Gasteiger partial charge in [-0.2, -0.15) is 5.26 Å². The quantitative estimate of drug-likeness (QED) is 0.748. The average molecular weight is 361 g/mol. The number of anilines is 1. The Morgan fingerprint density at radius 2 is 2.00 bits per heavy atom. The number of halogens is 1. The van der Waals surface area contributed by atoms with Gasteiger partial charge in [0.2, 0.25) is 0 Å². The molecule has 2 N–H and O–H groups in total. The number of ether oxygens (including phenoxy) is 1. The van der Waals surface area contributed by atoms with E-state index in [1.807, 2.05) is 12.1 Å². The fourth-order valence-corrected chi connectivity index (χ4v) is 3.04. The van der Waals surface area contributed by atoms with Crippen molar-refractivity contribution in [3.05, 3.63) is 59.9 Å². The lowest BCUT2D eigenvalue weighted by atomic mass is 9.79. The molecule has 1 saturated carbocycles. The number of hydrogen-bond donors (Lipinski definition) is 1. The molecule has 4 rings (SSSR count). The highest BCUT2D eigenvalue weighted by Gasteiger charge is 2.27. The van der Waals surface area contributed by atoms with Crippen molar-refractivity contribution in [2.45, 2.75) is 25.2 Å². The molecule has 134 valence electrons. The van der Waals surface area contributed by atoms with E-state index in [4.69, 9.17) is 15.7 Å². The van der Waals surface area contributed by atoms with E-state index >= 15 is 4.39 Å². The topological polar surface area (TPSA) is 97.7 Å². The summed E-state index contributed by atoms with van der Waals surface area (Å²) in [5, 5.41) is 9.02. The lowest BCUT2D eigenvalue weighted by Crippen LogP contribution is -2.11. The van der Waals surface area contributed by atoms with E-state index in [-0.39, 0.29) is 28.7 Å². The van der Waals surface area contributed by atoms with Crippen molar-refractivity contribution in [3.63, 3.8) is 0 Å². The maximum absolute atomic E-state index is 15.4. The van der Waals surface area contributed by atoms with E-state index in [2.05, 4.69) is 15.0 Å². The molecule has 0 saturated heterocycles. The zero-order valence-corrected chi connectivity index (χ0v) is 14.4. The predicted molar refractivity (Wildman–Crippen MR) is 97.5 cm³/mol. The molecule has 1 aromatic carbocycles. The number of pyridine rings is 1. The van der Waals surface area contributed by atoms with E-state index in [9.17, 15) is 0 Å². The van der Waals surface area contributed by atoms with E-state index in [0.29, 0.717) is 11.4 Å². The Hall–Kier alpha value is -3.53. The molecule has 0 spiro atoms. The molecular weight excluding hydrogens is 345 g/mol. The second-order valence-corrected chi connectivity index (χ2v) is 6.39. The minimum atomic E-state index is -0.506. The van der Waals surface area contributed by atoms with Crippen LogP contribution in [0.3, 0.4) is 0 Å². The van der Waals surface area contributed by atoms with Crippen LogP contribution in [0.4, 0.5) is 10.2 Å². The monoisotopic (exact) mass is 361 g/mol. The Kier molecular flexibility index (Phi) is 4.38. The molecule has 1 aliphatic rings. The van der Waals surface area contributed by atoms with Crippen molar-refractivity contribution in [3.8, 4) is 28.8 Å². The smallest absolute Gasteiger partial charge is 0.175 e. The average Bonchev–Trinajstić information content (AvgIpc) is 2.64. The van der Waals surface area contributed by atoms with Gasteiger partial charge in [0.15, 0.2) is 11.6 Å². The third kappa shape index (κ3) is 3.29. The molecule has 2 aromatic heterocycles. The van der Waals surface area contributed by atoms with Gasteiger partial charge in [0.1, 0.15) is 23.3 Å². The molecule has 7 heteroatoms. The second-order valence-electron chi connectivity index (χ2n) is 6.39. The molecule has 0 bridgehead atoms. The largest absolute Gasteiger partial charge is 0.454 e. The zero-order chi connectivity index (χ0) is 18.8. The van der Waals surface area contributed by atoms with Gasteiger partial charge in [0.25, 0.3) is 0 Å². The molecule has 0 radical (unpaired) electrons. The van der Waals surface area contributed by atoms with E-state index in [1.54, 1.807) is 12.1 Å². The molecule has 0 aliphatic heterocycles. The first kappa shape index (κ1) is 16.9. The summed E-state index contributed by atoms with van der Waals surface area (Å²) in [5.74, 6) is 0.544. The van der Waals surface area contributed by atoms with Gasteiger partial charge in [-0.1, -0.05) is 12.5 Å². The van der Waals surface area contributed by atoms with Gasteiger partial charge in [0, 0.05) is 23.4 Å². The molecule has 1 fully saturated rings. The standard InChI is InChI=1S/C20H16FN5O/c21-19-16(17-10-26-18(23)11-25-17)5-4-15(12-2-1-3-12)20(19)27-14-6-7-24-13(8-14)9-22/h4-8,10-12H,1-3H2,(H2,23,26). The first-order chi connectivity index (χ1) is 13.2. The van der Waals surface area contributed by atoms with Crippen LogP contribution in [0.5, 0.6) is 11.5 Å². The summed E-state index contributed by atoms with van der Waals surface area (Å²) in [7, 11) is 0. The van der Waals surface area contributed by atoms with Crippen LogP contribution >= 0.6 is 0 Å². The van der Waals surface area contributed by atoms with Gasteiger partial charge in [0.05, 0.1) is 18.1 Å². The number of nitrogens with zero attached hydrogens (tertiary/aromatic N) is 4. The Morgan fingerprint density at radius 3 is 2.67 bits per heavy atom. The number of aromatic nitrogens is 3. The molecule has 3 aromatic rings. The van der Waals surface area contributed by atoms with Gasteiger partial charge >= 0.3 is 0 Å². The number of rotatable bonds is 4. The number of nitrogens with two attached hydrogens (primary N) is 1. The lowest BCUT2D eigenvalue weighted by Gasteiger charge is -2.28. The van der Waals surface area contributed by atoms with Crippen molar-refractivity contribution in [1.29, 1.82) is 5.26 Å². The van der Waals surface area contributed by atoms with Gasteiger partial charge in [-0.25, -0.2) is 14.4 Å². The number of nitrogen functional groups attached to an aromatic ring is 1. The highest BCUT2D eigenvalue weighted by Crippen LogP contribution is 2.45. The summed E-state index contributed by atoms with van der Waals surface area (Å²) in [4.78, 5) is 12.1. The van der Waals surface area contributed by atoms with Crippen molar-refractivity contribution < 1.29 is 9.13 Å². The Labute approximate surface area is 155 Å². The molecule has 0 amide bonds. The highest BCUT2D eigenvalue weighted by molar-refractivity contribution is 5.64. The predicted octanol–water partition coefficient (Wildman–Crippen LogP) is 4.19. The number of hydrogen-bond acceptors (Lipinski definition) is 6. The third-order valence-corrected chi connectivity index (χ3v) is 4.69. The van der Waals surface area contributed by atoms with Gasteiger partial charge in [-0.3, -0.25) is 4.98 Å². The number of nitriles is 1. The highest BCUT2D eigenvalue weighted by atomic mass is 19.1. The first-order valence-electron chi connectivity index (χ1n) is 8.60. The summed E-state index contributed by atoms with van der Waals surface area (Å²) in [6, 6.07) is 8.61. The summed E-state index contributed by atoms with van der Waals surface area (Å²) in [5.41, 5.74) is 7.26. The fourth-order valence-electron chi connectivity index (χ4n) is 3.04. The minimum absolute atomic E-state index is 0.158. The summed E-state index contributed by atoms with van der Waals surface area (Å²) >= 11 is 0. The van der Waals surface area contributed by atoms with Crippen LogP contribution in [-0.2, 0) is 0 Å². The summed E-state index contributed by atoms with van der Waals surface area (Å²) in [6.45, 7) is 0. The van der Waals surface area contributed by atoms with Gasteiger partial charge < -0.3 is 10.5 Å². The number of benzene rings is 1. The van der Waals surface area contributed by atoms with Gasteiger partial charge in [-0.15, -0.1) is 0 Å². The molecule has 1 aliphatic carbocycles. The summed E-state index contributed by atoms with van der Waals surface area (Å²) < 4.78 is 21.3. The van der Waals surface area contributed by atoms with Crippen LogP contribution in [-0.4, -0.2) is 15.0 Å². The molecule has 27 heavy (non-hydrogen) atoms. The first-order valence-corrected chi connectivity index (χ1v) is 8.60. The SMILES string of the molecule is N#Cc1cc(Oc2c(C3CCC3)ccc(-c3cnc(N)cn3)c2F)ccn1. The van der Waals surface area contributed by atoms with Crippen LogP contribution in [0, 0.1) is 17.1 Å². The second kappa shape index (κ2) is 7.00. The fraction of sp³-hybridized carbons (Fsp3) is 0.200. The van der Waals surface area contributed by atoms with Crippen LogP contribution < -0.4 is 10.5 Å². The maximum Gasteiger partial charge on any atom is 0.175 e. The Morgan fingerprint density at radius 1 is 1.15 bits per heavy atom. The lowest BCUT2D eigenvalue weighted by molar-refractivity contribution is 0.384. The zero-order valence-electron chi connectivity index (χ0n) is 14.4. The van der Waals surface area contributed by atoms with Crippen LogP contribution in [0.1, 0.15) is 36.4 Å². The van der Waals surface area contributed by atoms with Crippen LogP contribution in [0.2, 0.25) is 0 Å². The maximum atomic E-state index is 15.4. The van der Waals surface area contributed by atoms with Crippen LogP contribution in [0.25, 0.3) is 11.3 Å². The van der Waals surface area contributed by atoms with Crippen molar-refractivity contribution in [2.24, 2.45) is 0 Å². The van der Waals surface area contributed by atoms with E-state index in [1.165, 1.54) is 24.7 Å². The summed E-state index contributed by atoms with van der Waals surface area (Å²) in [6.07, 6.45) is 7.39. The van der Waals surface area contributed by atoms with Crippen molar-refractivity contribution >= 4 is 5.82 Å².